The Labute approximate surface area is 185 Å². The number of benzene rings is 2. The Kier molecular flexibility index (Phi) is 6.80. The first kappa shape index (κ1) is 22.4. The Hall–Kier alpha value is -1.76. The maximum atomic E-state index is 13.3. The van der Waals surface area contributed by atoms with Crippen molar-refractivity contribution in [1.82, 2.24) is 4.31 Å². The van der Waals surface area contributed by atoms with E-state index in [9.17, 15) is 12.8 Å². The summed E-state index contributed by atoms with van der Waals surface area (Å²) in [6.45, 7) is 0.546. The molecular weight excluding hydrogens is 411 g/mol. The molecule has 0 amide bonds. The zero-order chi connectivity index (χ0) is 22.0. The molecule has 2 N–H and O–H groups in total. The molecule has 0 radical (unpaired) electrons. The molecule has 1 fully saturated rings. The number of hydrogen-bond acceptors (Lipinski definition) is 3. The zero-order valence-electron chi connectivity index (χ0n) is 18.3. The highest BCUT2D eigenvalue weighted by Crippen LogP contribution is 2.35. The molecule has 0 saturated heterocycles. The molecule has 4 rings (SSSR count). The molecule has 4 nitrogen and oxygen atoms in total. The average Bonchev–Trinajstić information content (AvgIpc) is 3.55. The Bertz CT molecular complexity index is 1000. The first-order valence-corrected chi connectivity index (χ1v) is 13.0. The maximum Gasteiger partial charge on any atom is 0.214 e. The lowest BCUT2D eigenvalue weighted by atomic mass is 9.76. The van der Waals surface area contributed by atoms with Gasteiger partial charge in [-0.1, -0.05) is 30.3 Å². The minimum absolute atomic E-state index is 0.0894. The minimum Gasteiger partial charge on any atom is -0.327 e. The molecule has 0 heterocycles. The van der Waals surface area contributed by atoms with Crippen LogP contribution in [0, 0.1) is 11.7 Å². The number of sulfonamides is 1. The fourth-order valence-electron chi connectivity index (χ4n) is 4.62. The van der Waals surface area contributed by atoms with E-state index in [1.54, 1.807) is 7.05 Å². The number of halogens is 1. The second-order valence-corrected chi connectivity index (χ2v) is 11.4. The van der Waals surface area contributed by atoms with Crippen molar-refractivity contribution in [1.29, 1.82) is 0 Å². The van der Waals surface area contributed by atoms with Crippen LogP contribution in [0.1, 0.15) is 53.9 Å². The van der Waals surface area contributed by atoms with Crippen LogP contribution in [0.3, 0.4) is 0 Å². The molecule has 0 aliphatic heterocycles. The molecule has 31 heavy (non-hydrogen) atoms. The van der Waals surface area contributed by atoms with Gasteiger partial charge in [-0.3, -0.25) is 0 Å². The van der Waals surface area contributed by atoms with Crippen molar-refractivity contribution in [2.45, 2.75) is 56.9 Å². The van der Waals surface area contributed by atoms with E-state index in [2.05, 4.69) is 18.2 Å². The molecule has 2 aromatic rings. The van der Waals surface area contributed by atoms with Gasteiger partial charge >= 0.3 is 0 Å². The van der Waals surface area contributed by atoms with Gasteiger partial charge in [-0.15, -0.1) is 0 Å². The van der Waals surface area contributed by atoms with Crippen LogP contribution < -0.4 is 5.73 Å². The summed E-state index contributed by atoms with van der Waals surface area (Å²) >= 11 is 0. The molecule has 6 heteroatoms. The van der Waals surface area contributed by atoms with E-state index in [1.807, 2.05) is 12.1 Å². The quantitative estimate of drug-likeness (QED) is 0.635. The summed E-state index contributed by atoms with van der Waals surface area (Å²) in [5.74, 6) is 0.667. The van der Waals surface area contributed by atoms with Crippen molar-refractivity contribution in [2.75, 3.05) is 19.3 Å². The van der Waals surface area contributed by atoms with Crippen molar-refractivity contribution in [2.24, 2.45) is 11.7 Å². The first-order valence-electron chi connectivity index (χ1n) is 11.4. The van der Waals surface area contributed by atoms with Gasteiger partial charge in [0.2, 0.25) is 10.0 Å². The van der Waals surface area contributed by atoms with Crippen molar-refractivity contribution in [3.05, 3.63) is 70.5 Å². The number of rotatable bonds is 9. The maximum absolute atomic E-state index is 13.3. The predicted molar refractivity (Wildman–Crippen MR) is 123 cm³/mol. The second kappa shape index (κ2) is 9.39. The van der Waals surface area contributed by atoms with Gasteiger partial charge in [-0.05, 0) is 85.3 Å². The second-order valence-electron chi connectivity index (χ2n) is 9.32. The van der Waals surface area contributed by atoms with Gasteiger partial charge < -0.3 is 5.73 Å². The molecule has 0 spiro atoms. The Morgan fingerprint density at radius 3 is 2.48 bits per heavy atom. The largest absolute Gasteiger partial charge is 0.327 e. The average molecular weight is 445 g/mol. The summed E-state index contributed by atoms with van der Waals surface area (Å²) in [6.07, 6.45) is 6.48. The summed E-state index contributed by atoms with van der Waals surface area (Å²) in [4.78, 5) is 0. The van der Waals surface area contributed by atoms with Crippen LogP contribution in [0.2, 0.25) is 0 Å². The van der Waals surface area contributed by atoms with E-state index in [4.69, 9.17) is 5.73 Å². The van der Waals surface area contributed by atoms with Crippen LogP contribution in [-0.4, -0.2) is 38.1 Å². The van der Waals surface area contributed by atoms with Crippen LogP contribution in [0.5, 0.6) is 0 Å². The van der Waals surface area contributed by atoms with E-state index >= 15 is 0 Å². The number of nitrogens with zero attached hydrogens (tertiary/aromatic N) is 1. The molecule has 0 bridgehead atoms. The summed E-state index contributed by atoms with van der Waals surface area (Å²) in [7, 11) is -1.43. The molecule has 2 aromatic carbocycles. The van der Waals surface area contributed by atoms with Crippen LogP contribution in [0.15, 0.2) is 42.5 Å². The number of fused-ring (bicyclic) bond motifs is 1. The van der Waals surface area contributed by atoms with E-state index in [1.165, 1.54) is 33.1 Å². The van der Waals surface area contributed by atoms with Gasteiger partial charge in [-0.2, -0.15) is 0 Å². The van der Waals surface area contributed by atoms with E-state index < -0.39 is 10.0 Å². The molecule has 2 aliphatic carbocycles. The normalized spacial score (nSPS) is 21.3. The Balaban J connectivity index is 1.41. The third-order valence-corrected chi connectivity index (χ3v) is 8.82. The first-order chi connectivity index (χ1) is 14.8. The number of aryl methyl sites for hydroxylation is 2. The van der Waals surface area contributed by atoms with Crippen molar-refractivity contribution in [3.8, 4) is 0 Å². The molecular formula is C25H33FN2O2S. The highest BCUT2D eigenvalue weighted by atomic mass is 32.2. The fourth-order valence-corrected chi connectivity index (χ4v) is 6.21. The Morgan fingerprint density at radius 1 is 1.06 bits per heavy atom. The van der Waals surface area contributed by atoms with Crippen LogP contribution in [0.4, 0.5) is 4.39 Å². The van der Waals surface area contributed by atoms with Crippen molar-refractivity contribution >= 4 is 10.0 Å². The number of hydrogen-bond donors (Lipinski definition) is 1. The molecule has 1 saturated carbocycles. The lowest BCUT2D eigenvalue weighted by molar-refractivity contribution is 0.457. The summed E-state index contributed by atoms with van der Waals surface area (Å²) in [5, 5.41) is 0. The van der Waals surface area contributed by atoms with Crippen LogP contribution >= 0.6 is 0 Å². The van der Waals surface area contributed by atoms with Gasteiger partial charge in [0.15, 0.2) is 0 Å². The fraction of sp³-hybridized carbons (Fsp3) is 0.520. The van der Waals surface area contributed by atoms with Crippen LogP contribution in [-0.2, 0) is 29.3 Å². The topological polar surface area (TPSA) is 63.4 Å². The smallest absolute Gasteiger partial charge is 0.214 e. The third-order valence-electron chi connectivity index (χ3n) is 6.80. The van der Waals surface area contributed by atoms with E-state index in [0.717, 1.165) is 50.5 Å². The van der Waals surface area contributed by atoms with Crippen LogP contribution in [0.25, 0.3) is 0 Å². The van der Waals surface area contributed by atoms with E-state index in [0.29, 0.717) is 18.2 Å². The summed E-state index contributed by atoms with van der Waals surface area (Å²) in [5.41, 5.74) is 11.5. The van der Waals surface area contributed by atoms with Gasteiger partial charge in [0.05, 0.1) is 5.75 Å². The summed E-state index contributed by atoms with van der Waals surface area (Å²) in [6, 6.07) is 13.4. The monoisotopic (exact) mass is 444 g/mol. The Morgan fingerprint density at radius 2 is 1.77 bits per heavy atom. The third kappa shape index (κ3) is 5.73. The number of nitrogens with two attached hydrogens (primary N) is 1. The lowest BCUT2D eigenvalue weighted by Crippen LogP contribution is -2.34. The summed E-state index contributed by atoms with van der Waals surface area (Å²) < 4.78 is 39.6. The zero-order valence-corrected chi connectivity index (χ0v) is 19.1. The molecule has 2 aliphatic rings. The van der Waals surface area contributed by atoms with Gasteiger partial charge in [-0.25, -0.2) is 17.1 Å². The van der Waals surface area contributed by atoms with E-state index in [-0.39, 0.29) is 17.8 Å². The molecule has 0 aromatic heterocycles. The molecule has 168 valence electrons. The van der Waals surface area contributed by atoms with Crippen molar-refractivity contribution < 1.29 is 12.8 Å². The SMILES string of the molecule is CN(CCCc1ccc2c(c1)C(Cc1ccc(F)cc1)C(N)CC2)S(=O)(=O)CC1CC1. The van der Waals surface area contributed by atoms with Gasteiger partial charge in [0.25, 0.3) is 0 Å². The predicted octanol–water partition coefficient (Wildman–Crippen LogP) is 4.03. The molecule has 2 atom stereocenters. The van der Waals surface area contributed by atoms with Crippen molar-refractivity contribution in [3.63, 3.8) is 0 Å². The van der Waals surface area contributed by atoms with Gasteiger partial charge in [0.1, 0.15) is 5.82 Å². The lowest BCUT2D eigenvalue weighted by Gasteiger charge is -2.32. The standard InChI is InChI=1S/C25H33FN2O2S/c1-28(31(29,30)17-20-4-5-20)14-2-3-18-6-9-21-10-13-25(27)24(23(21)15-18)16-19-7-11-22(26)12-8-19/h6-9,11-12,15,20,24-25H,2-5,10,13-14,16-17,27H2,1H3. The highest BCUT2D eigenvalue weighted by molar-refractivity contribution is 7.89. The van der Waals surface area contributed by atoms with Gasteiger partial charge in [0, 0.05) is 25.6 Å². The molecule has 2 unspecified atom stereocenters. The minimum atomic E-state index is -3.13. The highest BCUT2D eigenvalue weighted by Gasteiger charge is 2.30.